The summed E-state index contributed by atoms with van der Waals surface area (Å²) in [6.45, 7) is 6.24. The quantitative estimate of drug-likeness (QED) is 0.200. The molecule has 0 saturated heterocycles. The van der Waals surface area contributed by atoms with Crippen LogP contribution in [0.4, 0.5) is 5.82 Å². The number of hydrogen-bond acceptors (Lipinski definition) is 7. The number of hydrogen-bond donors (Lipinski definition) is 1. The molecule has 0 bridgehead atoms. The van der Waals surface area contributed by atoms with E-state index in [0.29, 0.717) is 16.7 Å². The molecule has 172 valence electrons. The molecular weight excluding hydrogens is 573 g/mol. The maximum absolute atomic E-state index is 12.1. The number of ether oxygens (including phenoxy) is 1. The zero-order valence-electron chi connectivity index (χ0n) is 18.6. The van der Waals surface area contributed by atoms with Gasteiger partial charge in [-0.1, -0.05) is 44.5 Å². The molecule has 0 radical (unpaired) electrons. The van der Waals surface area contributed by atoms with E-state index < -0.39 is 0 Å². The highest BCUT2D eigenvalue weighted by molar-refractivity contribution is 14.2. The van der Waals surface area contributed by atoms with Gasteiger partial charge in [0.1, 0.15) is 5.82 Å². The molecule has 3 aromatic heterocycles. The standard InChI is InChI=1S/C23H23ClIN5O2S/c1-23(2,3)18(10-19(31)32-4)28-20-14-7-5-6-8-17(14)27-21(29-20)16-12-30(33-25)22-15(16)9-13(24)11-26-22/h5-9,11-12,18H,10H2,1-4H3,(H,27,28,29). The molecule has 4 rings (SSSR count). The van der Waals surface area contributed by atoms with Crippen LogP contribution in [0.1, 0.15) is 27.2 Å². The van der Waals surface area contributed by atoms with Crippen LogP contribution in [-0.4, -0.2) is 38.0 Å². The normalized spacial score (nSPS) is 12.8. The summed E-state index contributed by atoms with van der Waals surface area (Å²) in [7, 11) is 2.91. The van der Waals surface area contributed by atoms with Crippen molar-refractivity contribution in [2.45, 2.75) is 33.2 Å². The fourth-order valence-electron chi connectivity index (χ4n) is 3.58. The molecule has 0 aliphatic rings. The lowest BCUT2D eigenvalue weighted by atomic mass is 9.84. The van der Waals surface area contributed by atoms with Crippen molar-refractivity contribution in [1.82, 2.24) is 18.9 Å². The second-order valence-corrected chi connectivity index (χ2v) is 10.9. The van der Waals surface area contributed by atoms with Gasteiger partial charge in [0.15, 0.2) is 11.5 Å². The van der Waals surface area contributed by atoms with Crippen molar-refractivity contribution in [3.05, 3.63) is 47.7 Å². The number of carbonyl (C=O) groups excluding carboxylic acids is 1. The third-order valence-corrected chi connectivity index (χ3v) is 7.36. The average molecular weight is 596 g/mol. The molecular formula is C23H23ClIN5O2S. The maximum atomic E-state index is 12.1. The summed E-state index contributed by atoms with van der Waals surface area (Å²) >= 11 is 8.47. The van der Waals surface area contributed by atoms with Gasteiger partial charge in [-0.05, 0) is 23.6 Å². The predicted molar refractivity (Wildman–Crippen MR) is 144 cm³/mol. The van der Waals surface area contributed by atoms with Gasteiger partial charge in [0, 0.05) is 65.1 Å². The maximum Gasteiger partial charge on any atom is 0.307 e. The first-order valence-electron chi connectivity index (χ1n) is 10.3. The summed E-state index contributed by atoms with van der Waals surface area (Å²) in [5.41, 5.74) is 2.21. The molecule has 0 spiro atoms. The Morgan fingerprint density at radius 3 is 2.73 bits per heavy atom. The number of aromatic nitrogens is 4. The van der Waals surface area contributed by atoms with Crippen LogP contribution in [0, 0.1) is 5.41 Å². The monoisotopic (exact) mass is 595 g/mol. The molecule has 1 aromatic carbocycles. The highest BCUT2D eigenvalue weighted by Gasteiger charge is 2.29. The van der Waals surface area contributed by atoms with Crippen molar-refractivity contribution in [3.8, 4) is 11.4 Å². The Hall–Kier alpha value is -2.11. The minimum Gasteiger partial charge on any atom is -0.469 e. The molecule has 7 nitrogen and oxygen atoms in total. The molecule has 10 heteroatoms. The summed E-state index contributed by atoms with van der Waals surface area (Å²) in [6, 6.07) is 9.51. The van der Waals surface area contributed by atoms with Crippen LogP contribution in [0.25, 0.3) is 33.3 Å². The molecule has 33 heavy (non-hydrogen) atoms. The smallest absolute Gasteiger partial charge is 0.307 e. The number of benzene rings is 1. The van der Waals surface area contributed by atoms with Crippen LogP contribution >= 0.6 is 41.9 Å². The van der Waals surface area contributed by atoms with Gasteiger partial charge in [0.2, 0.25) is 0 Å². The van der Waals surface area contributed by atoms with E-state index >= 15 is 0 Å². The number of anilines is 1. The Morgan fingerprint density at radius 1 is 1.27 bits per heavy atom. The first-order valence-corrected chi connectivity index (χ1v) is 14.0. The number of nitrogens with one attached hydrogen (secondary N) is 1. The summed E-state index contributed by atoms with van der Waals surface area (Å²) in [6.07, 6.45) is 3.82. The molecule has 1 N–H and O–H groups in total. The number of para-hydroxylation sites is 1. The Balaban J connectivity index is 1.89. The predicted octanol–water partition coefficient (Wildman–Crippen LogP) is 6.54. The summed E-state index contributed by atoms with van der Waals surface area (Å²) in [4.78, 5) is 26.3. The molecule has 1 atom stereocenters. The van der Waals surface area contributed by atoms with Gasteiger partial charge in [-0.2, -0.15) is 0 Å². The summed E-state index contributed by atoms with van der Waals surface area (Å²) < 4.78 is 6.89. The molecule has 1 unspecified atom stereocenters. The lowest BCUT2D eigenvalue weighted by Crippen LogP contribution is -2.36. The lowest BCUT2D eigenvalue weighted by molar-refractivity contribution is -0.141. The van der Waals surface area contributed by atoms with E-state index in [1.807, 2.05) is 40.5 Å². The summed E-state index contributed by atoms with van der Waals surface area (Å²) in [5.74, 6) is 0.946. The van der Waals surface area contributed by atoms with E-state index in [1.165, 1.54) is 16.2 Å². The van der Waals surface area contributed by atoms with Crippen LogP contribution < -0.4 is 5.32 Å². The van der Waals surface area contributed by atoms with E-state index in [4.69, 9.17) is 26.3 Å². The number of carbonyl (C=O) groups is 1. The minimum atomic E-state index is -0.274. The molecule has 0 saturated carbocycles. The fourth-order valence-corrected chi connectivity index (χ4v) is 5.00. The van der Waals surface area contributed by atoms with Crippen molar-refractivity contribution in [1.29, 1.82) is 0 Å². The van der Waals surface area contributed by atoms with Crippen LogP contribution in [0.15, 0.2) is 42.7 Å². The Labute approximate surface area is 213 Å². The highest BCUT2D eigenvalue weighted by atomic mass is 127. The van der Waals surface area contributed by atoms with Gasteiger partial charge in [0.05, 0.1) is 24.1 Å². The van der Waals surface area contributed by atoms with Crippen molar-refractivity contribution in [2.75, 3.05) is 12.4 Å². The number of pyridine rings is 1. The number of fused-ring (bicyclic) bond motifs is 2. The second-order valence-electron chi connectivity index (χ2n) is 8.72. The largest absolute Gasteiger partial charge is 0.469 e. The molecule has 0 fully saturated rings. The molecule has 0 aliphatic heterocycles. The van der Waals surface area contributed by atoms with E-state index in [0.717, 1.165) is 27.5 Å². The van der Waals surface area contributed by atoms with Gasteiger partial charge in [-0.25, -0.2) is 15.0 Å². The number of halogens is 2. The van der Waals surface area contributed by atoms with E-state index in [-0.39, 0.29) is 23.8 Å². The van der Waals surface area contributed by atoms with Crippen molar-refractivity contribution < 1.29 is 9.53 Å². The van der Waals surface area contributed by atoms with Crippen molar-refractivity contribution in [3.63, 3.8) is 0 Å². The lowest BCUT2D eigenvalue weighted by Gasteiger charge is -2.31. The number of esters is 1. The van der Waals surface area contributed by atoms with Gasteiger partial charge in [-0.3, -0.25) is 8.77 Å². The van der Waals surface area contributed by atoms with Gasteiger partial charge in [0.25, 0.3) is 0 Å². The number of rotatable bonds is 6. The topological polar surface area (TPSA) is 81.9 Å². The van der Waals surface area contributed by atoms with Crippen LogP contribution in [-0.2, 0) is 9.53 Å². The van der Waals surface area contributed by atoms with E-state index in [2.05, 4.69) is 52.3 Å². The zero-order chi connectivity index (χ0) is 23.8. The van der Waals surface area contributed by atoms with Crippen LogP contribution in [0.2, 0.25) is 5.02 Å². The SMILES string of the molecule is COC(=O)CC(Nc1nc(-c2cn(SI)c3ncc(Cl)cc23)nc2ccccc12)C(C)(C)C. The highest BCUT2D eigenvalue weighted by Crippen LogP contribution is 2.36. The fraction of sp³-hybridized carbons (Fsp3) is 0.304. The Kier molecular flexibility index (Phi) is 7.01. The molecule has 3 heterocycles. The third-order valence-electron chi connectivity index (χ3n) is 5.45. The van der Waals surface area contributed by atoms with Crippen molar-refractivity contribution in [2.24, 2.45) is 5.41 Å². The molecule has 0 aliphatic carbocycles. The Bertz CT molecular complexity index is 1340. The zero-order valence-corrected chi connectivity index (χ0v) is 22.3. The van der Waals surface area contributed by atoms with Crippen molar-refractivity contribution >= 4 is 75.6 Å². The third kappa shape index (κ3) is 5.04. The average Bonchev–Trinajstić information content (AvgIpc) is 3.15. The second kappa shape index (κ2) is 9.63. The molecule has 4 aromatic rings. The summed E-state index contributed by atoms with van der Waals surface area (Å²) in [5, 5.41) is 5.81. The number of methoxy groups -OCH3 is 1. The van der Waals surface area contributed by atoms with Gasteiger partial charge >= 0.3 is 5.97 Å². The molecule has 0 amide bonds. The number of nitrogens with zero attached hydrogens (tertiary/aromatic N) is 4. The Morgan fingerprint density at radius 2 is 2.03 bits per heavy atom. The first-order chi connectivity index (χ1) is 15.7. The first kappa shape index (κ1) is 24.0. The van der Waals surface area contributed by atoms with Crippen LogP contribution in [0.3, 0.4) is 0 Å². The minimum absolute atomic E-state index is 0.196. The van der Waals surface area contributed by atoms with Gasteiger partial charge in [-0.15, -0.1) is 0 Å². The van der Waals surface area contributed by atoms with E-state index in [9.17, 15) is 4.79 Å². The van der Waals surface area contributed by atoms with Crippen LogP contribution in [0.5, 0.6) is 0 Å². The van der Waals surface area contributed by atoms with E-state index in [1.54, 1.807) is 6.20 Å². The van der Waals surface area contributed by atoms with Gasteiger partial charge < -0.3 is 10.1 Å².